The molecule has 0 aromatic carbocycles. The van der Waals surface area contributed by atoms with Gasteiger partial charge in [-0.2, -0.15) is 0 Å². The van der Waals surface area contributed by atoms with Crippen LogP contribution in [0.5, 0.6) is 0 Å². The van der Waals surface area contributed by atoms with Crippen LogP contribution in [0.15, 0.2) is 17.5 Å². The Balaban J connectivity index is 1.96. The van der Waals surface area contributed by atoms with Gasteiger partial charge in [0.15, 0.2) is 0 Å². The van der Waals surface area contributed by atoms with Gasteiger partial charge in [0.25, 0.3) is 5.91 Å². The number of imide groups is 1. The van der Waals surface area contributed by atoms with E-state index in [4.69, 9.17) is 0 Å². The number of nitrogens with zero attached hydrogens (tertiary/aromatic N) is 1. The van der Waals surface area contributed by atoms with Crippen LogP contribution in [0.3, 0.4) is 0 Å². The molecule has 1 saturated heterocycles. The van der Waals surface area contributed by atoms with E-state index in [2.05, 4.69) is 10.6 Å². The van der Waals surface area contributed by atoms with Gasteiger partial charge in [0.2, 0.25) is 5.91 Å². The smallest absolute Gasteiger partial charge is 0.322 e. The van der Waals surface area contributed by atoms with Crippen molar-refractivity contribution in [3.8, 4) is 0 Å². The first-order valence-electron chi connectivity index (χ1n) is 5.89. The Morgan fingerprint density at radius 1 is 1.53 bits per heavy atom. The van der Waals surface area contributed by atoms with Crippen molar-refractivity contribution in [3.63, 3.8) is 0 Å². The molecular weight excluding hydrogens is 266 g/mol. The molecule has 1 aromatic heterocycles. The Labute approximate surface area is 114 Å². The molecule has 2 atom stereocenters. The summed E-state index contributed by atoms with van der Waals surface area (Å²) in [5, 5.41) is 6.48. The lowest BCUT2D eigenvalue weighted by molar-refractivity contribution is -0.134. The Bertz CT molecular complexity index is 500. The molecule has 2 unspecified atom stereocenters. The van der Waals surface area contributed by atoms with Crippen molar-refractivity contribution in [1.82, 2.24) is 15.5 Å². The molecule has 2 rings (SSSR count). The molecule has 7 heteroatoms. The monoisotopic (exact) mass is 281 g/mol. The third-order valence-electron chi connectivity index (χ3n) is 3.17. The van der Waals surface area contributed by atoms with Crippen LogP contribution in [-0.4, -0.2) is 35.8 Å². The lowest BCUT2D eigenvalue weighted by atomic mass is 10.1. The number of thiophene rings is 1. The Kier molecular flexibility index (Phi) is 3.84. The highest BCUT2D eigenvalue weighted by Crippen LogP contribution is 2.24. The van der Waals surface area contributed by atoms with Crippen LogP contribution in [-0.2, 0) is 9.59 Å². The Morgan fingerprint density at radius 2 is 2.26 bits per heavy atom. The molecule has 6 nitrogen and oxygen atoms in total. The summed E-state index contributed by atoms with van der Waals surface area (Å²) in [5.74, 6) is -0.626. The average Bonchev–Trinajstić information content (AvgIpc) is 2.98. The second-order valence-corrected chi connectivity index (χ2v) is 5.39. The standard InChI is InChI=1S/C12H15N3O3S/c1-7(9-4-3-5-19-9)15(2)10(16)6-8-11(17)14-12(18)13-8/h3-5,7-8H,6H2,1-2H3,(H2,13,14,17,18). The molecule has 19 heavy (non-hydrogen) atoms. The molecule has 102 valence electrons. The van der Waals surface area contributed by atoms with E-state index in [1.807, 2.05) is 24.4 Å². The summed E-state index contributed by atoms with van der Waals surface area (Å²) < 4.78 is 0. The van der Waals surface area contributed by atoms with E-state index in [0.29, 0.717) is 0 Å². The van der Waals surface area contributed by atoms with E-state index in [9.17, 15) is 14.4 Å². The zero-order valence-corrected chi connectivity index (χ0v) is 11.5. The lowest BCUT2D eigenvalue weighted by Crippen LogP contribution is -2.38. The number of nitrogens with one attached hydrogen (secondary N) is 2. The molecule has 1 aliphatic heterocycles. The van der Waals surface area contributed by atoms with Crippen molar-refractivity contribution in [1.29, 1.82) is 0 Å². The fourth-order valence-electron chi connectivity index (χ4n) is 1.86. The van der Waals surface area contributed by atoms with E-state index in [1.54, 1.807) is 23.3 Å². The first-order valence-corrected chi connectivity index (χ1v) is 6.77. The molecule has 0 radical (unpaired) electrons. The first kappa shape index (κ1) is 13.5. The molecule has 1 aromatic rings. The molecule has 0 spiro atoms. The molecule has 2 heterocycles. The number of carbonyl (C=O) groups excluding carboxylic acids is 3. The number of amides is 4. The second-order valence-electron chi connectivity index (χ2n) is 4.42. The zero-order chi connectivity index (χ0) is 14.0. The van der Waals surface area contributed by atoms with Gasteiger partial charge >= 0.3 is 6.03 Å². The third-order valence-corrected chi connectivity index (χ3v) is 4.21. The molecule has 4 amide bonds. The highest BCUT2D eigenvalue weighted by atomic mass is 32.1. The van der Waals surface area contributed by atoms with Gasteiger partial charge in [-0.25, -0.2) is 4.79 Å². The summed E-state index contributed by atoms with van der Waals surface area (Å²) in [4.78, 5) is 37.1. The number of hydrogen-bond acceptors (Lipinski definition) is 4. The van der Waals surface area contributed by atoms with Crippen LogP contribution >= 0.6 is 11.3 Å². The molecule has 2 N–H and O–H groups in total. The maximum atomic E-state index is 12.1. The van der Waals surface area contributed by atoms with E-state index in [-0.39, 0.29) is 18.4 Å². The zero-order valence-electron chi connectivity index (χ0n) is 10.7. The summed E-state index contributed by atoms with van der Waals surface area (Å²) in [6.07, 6.45) is -0.0240. The van der Waals surface area contributed by atoms with Crippen molar-refractivity contribution >= 4 is 29.2 Å². The predicted molar refractivity (Wildman–Crippen MR) is 70.6 cm³/mol. The minimum absolute atomic E-state index is 0.0240. The maximum Gasteiger partial charge on any atom is 0.322 e. The SMILES string of the molecule is CC(c1cccs1)N(C)C(=O)CC1NC(=O)NC1=O. The Morgan fingerprint density at radius 3 is 2.79 bits per heavy atom. The van der Waals surface area contributed by atoms with Gasteiger partial charge in [-0.3, -0.25) is 14.9 Å². The molecule has 1 aliphatic rings. The van der Waals surface area contributed by atoms with Crippen molar-refractivity contribution < 1.29 is 14.4 Å². The highest BCUT2D eigenvalue weighted by Gasteiger charge is 2.32. The topological polar surface area (TPSA) is 78.5 Å². The van der Waals surface area contributed by atoms with Crippen LogP contribution in [0.25, 0.3) is 0 Å². The molecule has 0 saturated carbocycles. The van der Waals surface area contributed by atoms with E-state index >= 15 is 0 Å². The van der Waals surface area contributed by atoms with Crippen molar-refractivity contribution in [2.45, 2.75) is 25.4 Å². The maximum absolute atomic E-state index is 12.1. The average molecular weight is 281 g/mol. The van der Waals surface area contributed by atoms with Gasteiger partial charge in [0.05, 0.1) is 12.5 Å². The first-order chi connectivity index (χ1) is 8.99. The van der Waals surface area contributed by atoms with Gasteiger partial charge in [-0.15, -0.1) is 11.3 Å². The molecular formula is C12H15N3O3S. The highest BCUT2D eigenvalue weighted by molar-refractivity contribution is 7.10. The summed E-state index contributed by atoms with van der Waals surface area (Å²) in [6, 6.07) is 2.53. The number of rotatable bonds is 4. The number of urea groups is 1. The van der Waals surface area contributed by atoms with E-state index < -0.39 is 18.0 Å². The number of carbonyl (C=O) groups is 3. The molecule has 1 fully saturated rings. The van der Waals surface area contributed by atoms with Gasteiger partial charge in [0, 0.05) is 11.9 Å². The lowest BCUT2D eigenvalue weighted by Gasteiger charge is -2.24. The fraction of sp³-hybridized carbons (Fsp3) is 0.417. The van der Waals surface area contributed by atoms with Gasteiger partial charge in [-0.1, -0.05) is 6.07 Å². The van der Waals surface area contributed by atoms with Gasteiger partial charge in [0.1, 0.15) is 6.04 Å². The van der Waals surface area contributed by atoms with Crippen molar-refractivity contribution in [2.75, 3.05) is 7.05 Å². The van der Waals surface area contributed by atoms with Gasteiger partial charge < -0.3 is 10.2 Å². The minimum atomic E-state index is -0.766. The van der Waals surface area contributed by atoms with E-state index in [1.165, 1.54) is 0 Å². The van der Waals surface area contributed by atoms with Crippen LogP contribution < -0.4 is 10.6 Å². The number of hydrogen-bond donors (Lipinski definition) is 2. The van der Waals surface area contributed by atoms with Crippen molar-refractivity contribution in [3.05, 3.63) is 22.4 Å². The summed E-state index contributed by atoms with van der Waals surface area (Å²) in [5.41, 5.74) is 0. The fourth-order valence-corrected chi connectivity index (χ4v) is 2.68. The van der Waals surface area contributed by atoms with E-state index in [0.717, 1.165) is 4.88 Å². The van der Waals surface area contributed by atoms with Crippen LogP contribution in [0, 0.1) is 0 Å². The van der Waals surface area contributed by atoms with Crippen LogP contribution in [0.2, 0.25) is 0 Å². The molecule has 0 aliphatic carbocycles. The quantitative estimate of drug-likeness (QED) is 0.804. The predicted octanol–water partition coefficient (Wildman–Crippen LogP) is 0.866. The largest absolute Gasteiger partial charge is 0.338 e. The van der Waals surface area contributed by atoms with Crippen LogP contribution in [0.4, 0.5) is 4.79 Å². The Hall–Kier alpha value is -1.89. The van der Waals surface area contributed by atoms with Gasteiger partial charge in [-0.05, 0) is 18.4 Å². The third kappa shape index (κ3) is 2.93. The normalized spacial score (nSPS) is 19.8. The molecule has 0 bridgehead atoms. The van der Waals surface area contributed by atoms with Crippen molar-refractivity contribution in [2.24, 2.45) is 0 Å². The minimum Gasteiger partial charge on any atom is -0.338 e. The van der Waals surface area contributed by atoms with Crippen LogP contribution in [0.1, 0.15) is 24.3 Å². The summed E-state index contributed by atoms with van der Waals surface area (Å²) in [7, 11) is 1.70. The summed E-state index contributed by atoms with van der Waals surface area (Å²) in [6.45, 7) is 1.93. The second kappa shape index (κ2) is 5.40. The summed E-state index contributed by atoms with van der Waals surface area (Å²) >= 11 is 1.58.